The smallest absolute Gasteiger partial charge is 0.227 e. The SMILES string of the molecule is C[C@H](NC(=O)C1(CC(=O)N2CCOCC2)CCCC1)c1ccc(-c2ccccc2)cc1. The molecule has 0 unspecified atom stereocenters. The molecule has 1 heterocycles. The van der Waals surface area contributed by atoms with Gasteiger partial charge in [0, 0.05) is 19.5 Å². The minimum atomic E-state index is -0.576. The van der Waals surface area contributed by atoms with E-state index in [4.69, 9.17) is 4.74 Å². The van der Waals surface area contributed by atoms with Crippen molar-refractivity contribution in [2.75, 3.05) is 26.3 Å². The molecule has 2 fully saturated rings. The van der Waals surface area contributed by atoms with Gasteiger partial charge >= 0.3 is 0 Å². The number of carbonyl (C=O) groups is 2. The van der Waals surface area contributed by atoms with Crippen LogP contribution in [0, 0.1) is 5.41 Å². The Morgan fingerprint density at radius 1 is 0.968 bits per heavy atom. The largest absolute Gasteiger partial charge is 0.378 e. The van der Waals surface area contributed by atoms with Crippen LogP contribution in [0.2, 0.25) is 0 Å². The molecule has 1 saturated carbocycles. The van der Waals surface area contributed by atoms with Crippen molar-refractivity contribution < 1.29 is 14.3 Å². The topological polar surface area (TPSA) is 58.6 Å². The highest BCUT2D eigenvalue weighted by Gasteiger charge is 2.44. The van der Waals surface area contributed by atoms with Gasteiger partial charge in [0.05, 0.1) is 24.7 Å². The monoisotopic (exact) mass is 420 g/mol. The number of hydrogen-bond donors (Lipinski definition) is 1. The Bertz CT molecular complexity index is 883. The molecule has 1 atom stereocenters. The molecular weight excluding hydrogens is 388 g/mol. The second kappa shape index (κ2) is 9.65. The molecule has 1 aliphatic heterocycles. The van der Waals surface area contributed by atoms with Crippen molar-refractivity contribution in [1.29, 1.82) is 0 Å². The third-order valence-electron chi connectivity index (χ3n) is 6.76. The Labute approximate surface area is 184 Å². The Balaban J connectivity index is 1.41. The lowest BCUT2D eigenvalue weighted by Gasteiger charge is -2.33. The van der Waals surface area contributed by atoms with Crippen LogP contribution in [0.3, 0.4) is 0 Å². The molecule has 0 radical (unpaired) electrons. The normalized spacial score (nSPS) is 19.1. The van der Waals surface area contributed by atoms with Gasteiger partial charge in [-0.1, -0.05) is 67.4 Å². The average Bonchev–Trinajstić information content (AvgIpc) is 3.30. The second-order valence-electron chi connectivity index (χ2n) is 8.84. The summed E-state index contributed by atoms with van der Waals surface area (Å²) in [7, 11) is 0. The second-order valence-corrected chi connectivity index (χ2v) is 8.84. The molecule has 31 heavy (non-hydrogen) atoms. The van der Waals surface area contributed by atoms with Crippen LogP contribution in [-0.2, 0) is 14.3 Å². The van der Waals surface area contributed by atoms with E-state index >= 15 is 0 Å². The fourth-order valence-electron chi connectivity index (χ4n) is 4.78. The van der Waals surface area contributed by atoms with Crippen LogP contribution in [-0.4, -0.2) is 43.0 Å². The number of ether oxygens (including phenoxy) is 1. The summed E-state index contributed by atoms with van der Waals surface area (Å²) in [6.45, 7) is 4.44. The molecule has 5 nitrogen and oxygen atoms in total. The Kier molecular flexibility index (Phi) is 6.71. The minimum absolute atomic E-state index is 0.0197. The summed E-state index contributed by atoms with van der Waals surface area (Å²) < 4.78 is 5.36. The van der Waals surface area contributed by atoms with Crippen LogP contribution in [0.4, 0.5) is 0 Å². The van der Waals surface area contributed by atoms with Gasteiger partial charge in [0.25, 0.3) is 0 Å². The first-order valence-corrected chi connectivity index (χ1v) is 11.4. The third kappa shape index (κ3) is 4.99. The molecule has 0 aromatic heterocycles. The van der Waals surface area contributed by atoms with E-state index in [1.165, 1.54) is 5.56 Å². The maximum absolute atomic E-state index is 13.4. The van der Waals surface area contributed by atoms with E-state index in [-0.39, 0.29) is 17.9 Å². The van der Waals surface area contributed by atoms with Crippen molar-refractivity contribution in [2.45, 2.75) is 45.1 Å². The maximum atomic E-state index is 13.4. The van der Waals surface area contributed by atoms with Gasteiger partial charge in [-0.15, -0.1) is 0 Å². The lowest BCUT2D eigenvalue weighted by atomic mass is 9.80. The summed E-state index contributed by atoms with van der Waals surface area (Å²) in [6.07, 6.45) is 3.88. The summed E-state index contributed by atoms with van der Waals surface area (Å²) in [5.74, 6) is 0.103. The summed E-state index contributed by atoms with van der Waals surface area (Å²) in [4.78, 5) is 28.1. The van der Waals surface area contributed by atoms with Gasteiger partial charge in [0.2, 0.25) is 11.8 Å². The first-order chi connectivity index (χ1) is 15.1. The lowest BCUT2D eigenvalue weighted by molar-refractivity contribution is -0.144. The Morgan fingerprint density at radius 2 is 1.58 bits per heavy atom. The third-order valence-corrected chi connectivity index (χ3v) is 6.76. The molecule has 164 valence electrons. The molecule has 5 heteroatoms. The lowest BCUT2D eigenvalue weighted by Crippen LogP contribution is -2.47. The molecule has 2 aromatic rings. The Hall–Kier alpha value is -2.66. The average molecular weight is 421 g/mol. The number of benzene rings is 2. The number of nitrogens with zero attached hydrogens (tertiary/aromatic N) is 1. The van der Waals surface area contributed by atoms with Gasteiger partial charge in [-0.2, -0.15) is 0 Å². The summed E-state index contributed by atoms with van der Waals surface area (Å²) in [5.41, 5.74) is 2.83. The minimum Gasteiger partial charge on any atom is -0.378 e. The van der Waals surface area contributed by atoms with Gasteiger partial charge < -0.3 is 15.0 Å². The molecular formula is C26H32N2O3. The van der Waals surface area contributed by atoms with Gasteiger partial charge in [-0.05, 0) is 36.5 Å². The van der Waals surface area contributed by atoms with Crippen molar-refractivity contribution in [3.05, 3.63) is 60.2 Å². The van der Waals surface area contributed by atoms with Crippen LogP contribution >= 0.6 is 0 Å². The number of morpholine rings is 1. The molecule has 1 N–H and O–H groups in total. The first-order valence-electron chi connectivity index (χ1n) is 11.4. The van der Waals surface area contributed by atoms with E-state index in [2.05, 4.69) is 41.7 Å². The molecule has 2 aromatic carbocycles. The van der Waals surface area contributed by atoms with Crippen molar-refractivity contribution in [2.24, 2.45) is 5.41 Å². The van der Waals surface area contributed by atoms with Crippen molar-refractivity contribution in [1.82, 2.24) is 10.2 Å². The number of carbonyl (C=O) groups excluding carboxylic acids is 2. The molecule has 1 aliphatic carbocycles. The van der Waals surface area contributed by atoms with Crippen molar-refractivity contribution in [3.8, 4) is 11.1 Å². The van der Waals surface area contributed by atoms with Gasteiger partial charge in [0.1, 0.15) is 0 Å². The molecule has 4 rings (SSSR count). The van der Waals surface area contributed by atoms with Gasteiger partial charge in [-0.25, -0.2) is 0 Å². The zero-order valence-electron chi connectivity index (χ0n) is 18.3. The highest BCUT2D eigenvalue weighted by Crippen LogP contribution is 2.42. The predicted molar refractivity (Wildman–Crippen MR) is 121 cm³/mol. The van der Waals surface area contributed by atoms with E-state index < -0.39 is 5.41 Å². The van der Waals surface area contributed by atoms with Crippen LogP contribution in [0.15, 0.2) is 54.6 Å². The number of rotatable bonds is 6. The zero-order valence-corrected chi connectivity index (χ0v) is 18.3. The number of hydrogen-bond acceptors (Lipinski definition) is 3. The van der Waals surface area contributed by atoms with E-state index in [0.717, 1.165) is 36.8 Å². The summed E-state index contributed by atoms with van der Waals surface area (Å²) in [6, 6.07) is 18.5. The van der Waals surface area contributed by atoms with Gasteiger partial charge in [-0.3, -0.25) is 9.59 Å². The van der Waals surface area contributed by atoms with E-state index in [0.29, 0.717) is 32.7 Å². The molecule has 0 spiro atoms. The Morgan fingerprint density at radius 3 is 2.23 bits per heavy atom. The summed E-state index contributed by atoms with van der Waals surface area (Å²) >= 11 is 0. The van der Waals surface area contributed by atoms with Crippen LogP contribution in [0.5, 0.6) is 0 Å². The van der Waals surface area contributed by atoms with Crippen LogP contribution in [0.25, 0.3) is 11.1 Å². The zero-order chi connectivity index (χ0) is 21.7. The van der Waals surface area contributed by atoms with Gasteiger partial charge in [0.15, 0.2) is 0 Å². The highest BCUT2D eigenvalue weighted by molar-refractivity contribution is 5.89. The van der Waals surface area contributed by atoms with E-state index in [1.54, 1.807) is 0 Å². The molecule has 1 saturated heterocycles. The predicted octanol–water partition coefficient (Wildman–Crippen LogP) is 4.34. The number of nitrogens with one attached hydrogen (secondary N) is 1. The first kappa shape index (κ1) is 21.6. The fourth-order valence-corrected chi connectivity index (χ4v) is 4.78. The molecule has 2 aliphatic rings. The highest BCUT2D eigenvalue weighted by atomic mass is 16.5. The van der Waals surface area contributed by atoms with Crippen molar-refractivity contribution in [3.63, 3.8) is 0 Å². The van der Waals surface area contributed by atoms with E-state index in [1.807, 2.05) is 30.0 Å². The molecule has 2 amide bonds. The van der Waals surface area contributed by atoms with Crippen molar-refractivity contribution >= 4 is 11.8 Å². The standard InChI is InChI=1S/C26H32N2O3/c1-20(21-9-11-23(12-10-21)22-7-3-2-4-8-22)27-25(30)26(13-5-6-14-26)19-24(29)28-15-17-31-18-16-28/h2-4,7-12,20H,5-6,13-19H2,1H3,(H,27,30)/t20-/m0/s1. The summed E-state index contributed by atoms with van der Waals surface area (Å²) in [5, 5.41) is 3.21. The van der Waals surface area contributed by atoms with Crippen LogP contribution < -0.4 is 5.32 Å². The van der Waals surface area contributed by atoms with Crippen LogP contribution in [0.1, 0.15) is 50.6 Å². The molecule has 0 bridgehead atoms. The quantitative estimate of drug-likeness (QED) is 0.756. The maximum Gasteiger partial charge on any atom is 0.227 e. The fraction of sp³-hybridized carbons (Fsp3) is 0.462. The number of amides is 2. The van der Waals surface area contributed by atoms with E-state index in [9.17, 15) is 9.59 Å².